The summed E-state index contributed by atoms with van der Waals surface area (Å²) in [7, 11) is 0. The van der Waals surface area contributed by atoms with Crippen molar-refractivity contribution in [2.45, 2.75) is 13.8 Å². The van der Waals surface area contributed by atoms with Gasteiger partial charge in [-0.15, -0.1) is 0 Å². The van der Waals surface area contributed by atoms with Crippen LogP contribution in [0.15, 0.2) is 34.1 Å². The van der Waals surface area contributed by atoms with Crippen molar-refractivity contribution in [3.05, 3.63) is 45.9 Å². The molecular weight excluding hydrogens is 300 g/mol. The van der Waals surface area contributed by atoms with Gasteiger partial charge in [0.2, 0.25) is 5.13 Å². The number of thiazole rings is 1. The van der Waals surface area contributed by atoms with Gasteiger partial charge in [0.15, 0.2) is 0 Å². The summed E-state index contributed by atoms with van der Waals surface area (Å²) in [6, 6.07) is 7.77. The molecule has 0 aliphatic carbocycles. The number of rotatable bonds is 4. The molecule has 0 unspecified atom stereocenters. The van der Waals surface area contributed by atoms with Crippen LogP contribution in [0.3, 0.4) is 0 Å². The number of H-pyrrole nitrogens is 1. The zero-order valence-electron chi connectivity index (χ0n) is 12.3. The van der Waals surface area contributed by atoms with Crippen LogP contribution in [-0.4, -0.2) is 38.7 Å². The predicted octanol–water partition coefficient (Wildman–Crippen LogP) is 1.89. The zero-order valence-corrected chi connectivity index (χ0v) is 13.1. The van der Waals surface area contributed by atoms with Crippen LogP contribution in [0.5, 0.6) is 0 Å². The van der Waals surface area contributed by atoms with Crippen LogP contribution in [0.1, 0.15) is 18.2 Å². The first-order chi connectivity index (χ1) is 10.6. The van der Waals surface area contributed by atoms with Crippen LogP contribution in [0.2, 0.25) is 0 Å². The molecule has 0 saturated carbocycles. The fourth-order valence-corrected chi connectivity index (χ4v) is 3.29. The van der Waals surface area contributed by atoms with Gasteiger partial charge in [0, 0.05) is 11.4 Å². The largest absolute Gasteiger partial charge is 0.394 e. The Kier molecular flexibility index (Phi) is 3.91. The van der Waals surface area contributed by atoms with Gasteiger partial charge in [-0.2, -0.15) is 4.68 Å². The first-order valence-corrected chi connectivity index (χ1v) is 7.73. The molecule has 0 aliphatic heterocycles. The van der Waals surface area contributed by atoms with Crippen molar-refractivity contribution in [3.8, 4) is 5.13 Å². The summed E-state index contributed by atoms with van der Waals surface area (Å²) in [5.74, 6) is 0. The van der Waals surface area contributed by atoms with Crippen LogP contribution in [-0.2, 0) is 0 Å². The molecule has 0 bridgehead atoms. The summed E-state index contributed by atoms with van der Waals surface area (Å²) in [5.41, 5.74) is 2.59. The normalized spacial score (nSPS) is 12.2. The third-order valence-electron chi connectivity index (χ3n) is 3.36. The molecule has 22 heavy (non-hydrogen) atoms. The molecule has 7 heteroatoms. The lowest BCUT2D eigenvalue weighted by Gasteiger charge is -1.96. The number of benzene rings is 1. The number of aromatic amines is 1. The van der Waals surface area contributed by atoms with Crippen molar-refractivity contribution in [2.24, 2.45) is 4.99 Å². The molecule has 3 aromatic rings. The number of hydrogen-bond acceptors (Lipinski definition) is 5. The Labute approximate surface area is 130 Å². The summed E-state index contributed by atoms with van der Waals surface area (Å²) in [4.78, 5) is 21.3. The number of hydrogen-bond donors (Lipinski definition) is 2. The molecule has 0 amide bonds. The molecule has 0 radical (unpaired) electrons. The van der Waals surface area contributed by atoms with Crippen LogP contribution >= 0.6 is 11.3 Å². The molecule has 114 valence electrons. The first-order valence-electron chi connectivity index (χ1n) is 6.91. The number of aliphatic hydroxyl groups is 1. The minimum absolute atomic E-state index is 0.0349. The second-order valence-corrected chi connectivity index (χ2v) is 5.92. The molecule has 0 atom stereocenters. The lowest BCUT2D eigenvalue weighted by Crippen LogP contribution is -2.19. The number of nitrogens with one attached hydrogen (secondary N) is 1. The maximum atomic E-state index is 12.6. The van der Waals surface area contributed by atoms with Gasteiger partial charge >= 0.3 is 0 Å². The van der Waals surface area contributed by atoms with Gasteiger partial charge in [-0.25, -0.2) is 4.98 Å². The monoisotopic (exact) mass is 316 g/mol. The number of aliphatic hydroxyl groups excluding tert-OH is 1. The van der Waals surface area contributed by atoms with Crippen molar-refractivity contribution in [1.82, 2.24) is 14.8 Å². The Morgan fingerprint density at radius 3 is 2.95 bits per heavy atom. The first kappa shape index (κ1) is 14.7. The van der Waals surface area contributed by atoms with Gasteiger partial charge in [-0.1, -0.05) is 23.5 Å². The summed E-state index contributed by atoms with van der Waals surface area (Å²) in [6.45, 7) is 3.86. The van der Waals surface area contributed by atoms with Gasteiger partial charge in [-0.3, -0.25) is 14.9 Å². The lowest BCUT2D eigenvalue weighted by atomic mass is 10.2. The van der Waals surface area contributed by atoms with E-state index in [9.17, 15) is 4.79 Å². The molecule has 0 fully saturated rings. The molecule has 0 spiro atoms. The maximum Gasteiger partial charge on any atom is 0.282 e. The van der Waals surface area contributed by atoms with Crippen molar-refractivity contribution in [2.75, 3.05) is 13.2 Å². The van der Waals surface area contributed by atoms with E-state index in [0.29, 0.717) is 16.4 Å². The zero-order chi connectivity index (χ0) is 15.7. The number of aryl methyl sites for hydroxylation is 1. The average molecular weight is 316 g/mol. The van der Waals surface area contributed by atoms with Crippen molar-refractivity contribution in [3.63, 3.8) is 0 Å². The van der Waals surface area contributed by atoms with Crippen LogP contribution < -0.4 is 5.56 Å². The molecule has 1 aromatic carbocycles. The Hall–Kier alpha value is -2.25. The van der Waals surface area contributed by atoms with E-state index in [4.69, 9.17) is 5.11 Å². The summed E-state index contributed by atoms with van der Waals surface area (Å²) >= 11 is 1.46. The van der Waals surface area contributed by atoms with E-state index in [1.807, 2.05) is 31.2 Å². The Morgan fingerprint density at radius 2 is 2.23 bits per heavy atom. The van der Waals surface area contributed by atoms with Crippen LogP contribution in [0.25, 0.3) is 15.3 Å². The molecule has 2 aromatic heterocycles. The smallest absolute Gasteiger partial charge is 0.282 e. The summed E-state index contributed by atoms with van der Waals surface area (Å²) < 4.78 is 2.48. The minimum atomic E-state index is -0.171. The SMILES string of the molecule is CC(=NCCO)c1c(C)[nH]n(-c2nc3ccccc3s2)c1=O. The van der Waals surface area contributed by atoms with Gasteiger partial charge in [0.05, 0.1) is 28.9 Å². The fraction of sp³-hybridized carbons (Fsp3) is 0.267. The second kappa shape index (κ2) is 5.86. The highest BCUT2D eigenvalue weighted by atomic mass is 32.1. The second-order valence-electron chi connectivity index (χ2n) is 4.91. The van der Waals surface area contributed by atoms with Crippen LogP contribution in [0.4, 0.5) is 0 Å². The number of aromatic nitrogens is 3. The van der Waals surface area contributed by atoms with E-state index in [0.717, 1.165) is 15.9 Å². The van der Waals surface area contributed by atoms with Gasteiger partial charge < -0.3 is 5.11 Å². The molecule has 3 rings (SSSR count). The Morgan fingerprint density at radius 1 is 1.45 bits per heavy atom. The minimum Gasteiger partial charge on any atom is -0.394 e. The molecule has 0 saturated heterocycles. The van der Waals surface area contributed by atoms with Crippen LogP contribution in [0, 0.1) is 6.92 Å². The van der Waals surface area contributed by atoms with Crippen molar-refractivity contribution in [1.29, 1.82) is 0 Å². The molecule has 2 heterocycles. The van der Waals surface area contributed by atoms with Gasteiger partial charge in [0.25, 0.3) is 5.56 Å². The summed E-state index contributed by atoms with van der Waals surface area (Å²) in [6.07, 6.45) is 0. The molecular formula is C15H16N4O2S. The van der Waals surface area contributed by atoms with Gasteiger partial charge in [-0.05, 0) is 26.0 Å². The topological polar surface area (TPSA) is 83.3 Å². The lowest BCUT2D eigenvalue weighted by molar-refractivity contribution is 0.307. The third kappa shape index (κ3) is 2.49. The third-order valence-corrected chi connectivity index (χ3v) is 4.38. The Balaban J connectivity index is 2.11. The van der Waals surface area contributed by atoms with Crippen molar-refractivity contribution < 1.29 is 5.11 Å². The highest BCUT2D eigenvalue weighted by Crippen LogP contribution is 2.23. The van der Waals surface area contributed by atoms with E-state index in [-0.39, 0.29) is 18.7 Å². The summed E-state index contributed by atoms with van der Waals surface area (Å²) in [5, 5.41) is 12.5. The Bertz CT molecular complexity index is 871. The van der Waals surface area contributed by atoms with E-state index in [2.05, 4.69) is 15.1 Å². The van der Waals surface area contributed by atoms with E-state index in [1.54, 1.807) is 6.92 Å². The molecule has 0 aliphatic rings. The van der Waals surface area contributed by atoms with E-state index >= 15 is 0 Å². The highest BCUT2D eigenvalue weighted by molar-refractivity contribution is 7.20. The maximum absolute atomic E-state index is 12.6. The predicted molar refractivity (Wildman–Crippen MR) is 88.5 cm³/mol. The number of para-hydroxylation sites is 1. The standard InChI is InChI=1S/C15H16N4O2S/c1-9(16-7-8-20)13-10(2)18-19(14(13)21)15-17-11-5-3-4-6-12(11)22-15/h3-6,18,20H,7-8H2,1-2H3. The fourth-order valence-electron chi connectivity index (χ4n) is 2.36. The van der Waals surface area contributed by atoms with E-state index < -0.39 is 0 Å². The highest BCUT2D eigenvalue weighted by Gasteiger charge is 2.17. The quantitative estimate of drug-likeness (QED) is 0.721. The number of fused-ring (bicyclic) bond motifs is 1. The average Bonchev–Trinajstić information content (AvgIpc) is 3.05. The number of nitrogens with zero attached hydrogens (tertiary/aromatic N) is 3. The number of aliphatic imine (C=N–C) groups is 1. The van der Waals surface area contributed by atoms with Crippen molar-refractivity contribution >= 4 is 27.3 Å². The van der Waals surface area contributed by atoms with Gasteiger partial charge in [0.1, 0.15) is 0 Å². The molecule has 6 nitrogen and oxygen atoms in total. The van der Waals surface area contributed by atoms with E-state index in [1.165, 1.54) is 16.0 Å². The molecule has 2 N–H and O–H groups in total.